The van der Waals surface area contributed by atoms with Crippen molar-refractivity contribution in [1.29, 1.82) is 0 Å². The quantitative estimate of drug-likeness (QED) is 0.726. The Hall–Kier alpha value is -2.85. The molecule has 0 saturated carbocycles. The van der Waals surface area contributed by atoms with Crippen molar-refractivity contribution in [3.05, 3.63) is 76.9 Å². The molecule has 1 unspecified atom stereocenters. The molecule has 4 heteroatoms. The first-order valence-corrected chi connectivity index (χ1v) is 9.31. The molecule has 0 aromatic heterocycles. The van der Waals surface area contributed by atoms with E-state index in [0.29, 0.717) is 6.54 Å². The summed E-state index contributed by atoms with van der Waals surface area (Å²) < 4.78 is 5.27. The van der Waals surface area contributed by atoms with E-state index in [9.17, 15) is 4.79 Å². The second-order valence-electron chi connectivity index (χ2n) is 7.12. The van der Waals surface area contributed by atoms with E-state index >= 15 is 0 Å². The highest BCUT2D eigenvalue weighted by atomic mass is 16.5. The zero-order valence-corrected chi connectivity index (χ0v) is 15.7. The van der Waals surface area contributed by atoms with Gasteiger partial charge in [0.2, 0.25) is 5.91 Å². The molecule has 1 aliphatic rings. The highest BCUT2D eigenvalue weighted by molar-refractivity contribution is 5.88. The molecule has 0 saturated heterocycles. The fourth-order valence-electron chi connectivity index (χ4n) is 3.59. The average Bonchev–Trinajstić information content (AvgIpc) is 3.18. The Kier molecular flexibility index (Phi) is 4.82. The van der Waals surface area contributed by atoms with E-state index in [1.165, 1.54) is 11.1 Å². The van der Waals surface area contributed by atoms with E-state index < -0.39 is 0 Å². The van der Waals surface area contributed by atoms with Gasteiger partial charge in [0.15, 0.2) is 0 Å². The van der Waals surface area contributed by atoms with Crippen molar-refractivity contribution < 1.29 is 9.53 Å². The second-order valence-corrected chi connectivity index (χ2v) is 7.12. The van der Waals surface area contributed by atoms with Crippen LogP contribution in [0.2, 0.25) is 0 Å². The van der Waals surface area contributed by atoms with Gasteiger partial charge in [-0.3, -0.25) is 4.79 Å². The first-order valence-electron chi connectivity index (χ1n) is 9.31. The van der Waals surface area contributed by atoms with Gasteiger partial charge in [0.25, 0.3) is 0 Å². The van der Waals surface area contributed by atoms with Crippen LogP contribution in [0, 0.1) is 0 Å². The molecule has 1 heterocycles. The Labute approximate surface area is 159 Å². The first-order chi connectivity index (χ1) is 13.1. The summed E-state index contributed by atoms with van der Waals surface area (Å²) in [5.41, 5.74) is 4.85. The van der Waals surface area contributed by atoms with Gasteiger partial charge < -0.3 is 15.4 Å². The number of methoxy groups -OCH3 is 1. The molecule has 1 aliphatic heterocycles. The van der Waals surface area contributed by atoms with Crippen molar-refractivity contribution in [3.8, 4) is 5.75 Å². The number of ether oxygens (including phenoxy) is 1. The van der Waals surface area contributed by atoms with Gasteiger partial charge in [-0.15, -0.1) is 0 Å². The predicted octanol–water partition coefficient (Wildman–Crippen LogP) is 3.87. The number of hydrogen-bond donors (Lipinski definition) is 2. The SMILES string of the molecule is COc1ccc2cc(C(C)C(=O)NCc3ccc4c(c3)CNC4)ccc2c1. The number of hydrogen-bond acceptors (Lipinski definition) is 3. The molecule has 2 N–H and O–H groups in total. The number of amides is 1. The van der Waals surface area contributed by atoms with Crippen LogP contribution < -0.4 is 15.4 Å². The summed E-state index contributed by atoms with van der Waals surface area (Å²) >= 11 is 0. The van der Waals surface area contributed by atoms with Crippen LogP contribution in [0.25, 0.3) is 10.8 Å². The summed E-state index contributed by atoms with van der Waals surface area (Å²) in [6.07, 6.45) is 0. The van der Waals surface area contributed by atoms with E-state index in [4.69, 9.17) is 4.74 Å². The Bertz CT molecular complexity index is 997. The van der Waals surface area contributed by atoms with Crippen LogP contribution in [0.15, 0.2) is 54.6 Å². The van der Waals surface area contributed by atoms with E-state index in [1.54, 1.807) is 7.11 Å². The van der Waals surface area contributed by atoms with Crippen LogP contribution in [0.1, 0.15) is 35.1 Å². The maximum absolute atomic E-state index is 12.6. The zero-order chi connectivity index (χ0) is 18.8. The van der Waals surface area contributed by atoms with Crippen LogP contribution in [0.5, 0.6) is 5.75 Å². The van der Waals surface area contributed by atoms with Crippen molar-refractivity contribution in [1.82, 2.24) is 10.6 Å². The topological polar surface area (TPSA) is 50.4 Å². The molecule has 4 nitrogen and oxygen atoms in total. The van der Waals surface area contributed by atoms with Crippen molar-refractivity contribution in [2.75, 3.05) is 7.11 Å². The molecule has 4 rings (SSSR count). The number of carbonyl (C=O) groups excluding carboxylic acids is 1. The highest BCUT2D eigenvalue weighted by Crippen LogP contribution is 2.25. The predicted molar refractivity (Wildman–Crippen MR) is 108 cm³/mol. The fourth-order valence-corrected chi connectivity index (χ4v) is 3.59. The minimum atomic E-state index is -0.201. The Balaban J connectivity index is 1.44. The molecule has 3 aromatic carbocycles. The normalized spacial score (nSPS) is 14.0. The fraction of sp³-hybridized carbons (Fsp3) is 0.261. The number of benzene rings is 3. The maximum Gasteiger partial charge on any atom is 0.227 e. The van der Waals surface area contributed by atoms with Gasteiger partial charge in [-0.25, -0.2) is 0 Å². The molecule has 0 radical (unpaired) electrons. The molecule has 1 atom stereocenters. The summed E-state index contributed by atoms with van der Waals surface area (Å²) in [5, 5.41) is 8.64. The molecule has 0 bridgehead atoms. The van der Waals surface area contributed by atoms with E-state index in [-0.39, 0.29) is 11.8 Å². The molecule has 1 amide bonds. The number of carbonyl (C=O) groups is 1. The summed E-state index contributed by atoms with van der Waals surface area (Å²) in [6, 6.07) is 18.6. The zero-order valence-electron chi connectivity index (χ0n) is 15.7. The third kappa shape index (κ3) is 3.67. The lowest BCUT2D eigenvalue weighted by molar-refractivity contribution is -0.122. The lowest BCUT2D eigenvalue weighted by Gasteiger charge is -2.14. The van der Waals surface area contributed by atoms with Crippen molar-refractivity contribution >= 4 is 16.7 Å². The lowest BCUT2D eigenvalue weighted by Crippen LogP contribution is -2.27. The van der Waals surface area contributed by atoms with Gasteiger partial charge in [-0.05, 0) is 52.1 Å². The minimum absolute atomic E-state index is 0.0430. The van der Waals surface area contributed by atoms with E-state index in [1.807, 2.05) is 37.3 Å². The van der Waals surface area contributed by atoms with Gasteiger partial charge in [0.05, 0.1) is 13.0 Å². The smallest absolute Gasteiger partial charge is 0.227 e. The first kappa shape index (κ1) is 17.6. The number of fused-ring (bicyclic) bond motifs is 2. The van der Waals surface area contributed by atoms with Crippen molar-refractivity contribution in [3.63, 3.8) is 0 Å². The summed E-state index contributed by atoms with van der Waals surface area (Å²) in [4.78, 5) is 12.6. The summed E-state index contributed by atoms with van der Waals surface area (Å²) in [7, 11) is 1.67. The van der Waals surface area contributed by atoms with E-state index in [0.717, 1.165) is 40.7 Å². The molecule has 3 aromatic rings. The Morgan fingerprint density at radius 2 is 1.81 bits per heavy atom. The van der Waals surface area contributed by atoms with Crippen molar-refractivity contribution in [2.24, 2.45) is 0 Å². The molecular formula is C23H24N2O2. The molecular weight excluding hydrogens is 336 g/mol. The number of nitrogens with one attached hydrogen (secondary N) is 2. The van der Waals surface area contributed by atoms with Crippen LogP contribution in [0.3, 0.4) is 0 Å². The molecule has 0 fully saturated rings. The van der Waals surface area contributed by atoms with Crippen LogP contribution in [-0.2, 0) is 24.4 Å². The monoisotopic (exact) mass is 360 g/mol. The van der Waals surface area contributed by atoms with Gasteiger partial charge in [0, 0.05) is 19.6 Å². The van der Waals surface area contributed by atoms with Gasteiger partial charge in [-0.1, -0.05) is 42.5 Å². The molecule has 0 aliphatic carbocycles. The average molecular weight is 360 g/mol. The van der Waals surface area contributed by atoms with Crippen molar-refractivity contribution in [2.45, 2.75) is 32.5 Å². The summed E-state index contributed by atoms with van der Waals surface area (Å²) in [6.45, 7) is 4.36. The largest absolute Gasteiger partial charge is 0.497 e. The Morgan fingerprint density at radius 1 is 1.04 bits per heavy atom. The van der Waals surface area contributed by atoms with E-state index in [2.05, 4.69) is 34.9 Å². The van der Waals surface area contributed by atoms with Gasteiger partial charge >= 0.3 is 0 Å². The van der Waals surface area contributed by atoms with Crippen LogP contribution in [-0.4, -0.2) is 13.0 Å². The van der Waals surface area contributed by atoms with Gasteiger partial charge in [-0.2, -0.15) is 0 Å². The van der Waals surface area contributed by atoms with Crippen LogP contribution in [0.4, 0.5) is 0 Å². The van der Waals surface area contributed by atoms with Crippen LogP contribution >= 0.6 is 0 Å². The third-order valence-electron chi connectivity index (χ3n) is 5.33. The van der Waals surface area contributed by atoms with Gasteiger partial charge in [0.1, 0.15) is 5.75 Å². The maximum atomic E-state index is 12.6. The standard InChI is InChI=1S/C23H24N2O2/c1-15(17-5-6-19-11-22(27-2)8-7-18(19)10-17)23(26)25-12-16-3-4-20-13-24-14-21(20)9-16/h3-11,15,24H,12-14H2,1-2H3,(H,25,26). The number of rotatable bonds is 5. The second kappa shape index (κ2) is 7.41. The molecule has 138 valence electrons. The molecule has 27 heavy (non-hydrogen) atoms. The molecule has 0 spiro atoms. The summed E-state index contributed by atoms with van der Waals surface area (Å²) in [5.74, 6) is 0.680. The Morgan fingerprint density at radius 3 is 2.67 bits per heavy atom. The third-order valence-corrected chi connectivity index (χ3v) is 5.33. The highest BCUT2D eigenvalue weighted by Gasteiger charge is 2.16. The minimum Gasteiger partial charge on any atom is -0.497 e. The lowest BCUT2D eigenvalue weighted by atomic mass is 9.97.